The Morgan fingerprint density at radius 2 is 1.62 bits per heavy atom. The number of Topliss-reactive ketones (excluding diaryl/α,β-unsaturated/α-hetero) is 1. The average Bonchev–Trinajstić information content (AvgIpc) is 3.82. The van der Waals surface area contributed by atoms with Crippen LogP contribution < -0.4 is 15.4 Å². The topological polar surface area (TPSA) is 120 Å². The number of epoxide rings is 1. The third-order valence-electron chi connectivity index (χ3n) is 7.59. The number of aliphatic hydroxyl groups excluding tert-OH is 1. The molecule has 4 rings (SSSR count). The number of carbonyl (C=O) groups excluding carboxylic acids is 3. The van der Waals surface area contributed by atoms with Crippen molar-refractivity contribution in [2.24, 2.45) is 0 Å². The highest BCUT2D eigenvalue weighted by Gasteiger charge is 2.38. The second kappa shape index (κ2) is 13.7. The van der Waals surface area contributed by atoms with E-state index < -0.39 is 30.1 Å². The smallest absolute Gasteiger partial charge is 0.243 e. The molecule has 9 heteroatoms. The van der Waals surface area contributed by atoms with Gasteiger partial charge in [0.2, 0.25) is 11.8 Å². The van der Waals surface area contributed by atoms with Crippen molar-refractivity contribution >= 4 is 17.6 Å². The maximum absolute atomic E-state index is 13.7. The molecule has 0 spiro atoms. The molecule has 2 aromatic carbocycles. The summed E-state index contributed by atoms with van der Waals surface area (Å²) in [5.74, 6) is -0.205. The van der Waals surface area contributed by atoms with Gasteiger partial charge in [-0.05, 0) is 56.0 Å². The lowest BCUT2D eigenvalue weighted by Crippen LogP contribution is -2.58. The minimum atomic E-state index is -0.906. The van der Waals surface area contributed by atoms with Gasteiger partial charge in [0.05, 0.1) is 32.4 Å². The molecule has 3 N–H and O–H groups in total. The number of hydrogen-bond donors (Lipinski definition) is 3. The number of rotatable bonds is 13. The first kappa shape index (κ1) is 28.7. The van der Waals surface area contributed by atoms with E-state index in [-0.39, 0.29) is 30.8 Å². The van der Waals surface area contributed by atoms with Gasteiger partial charge in [0.25, 0.3) is 0 Å². The second-order valence-corrected chi connectivity index (χ2v) is 10.3. The number of aliphatic hydroxyl groups is 1. The number of ketones is 1. The Kier molecular flexibility index (Phi) is 10.1. The molecule has 0 saturated carbocycles. The van der Waals surface area contributed by atoms with Gasteiger partial charge in [0.1, 0.15) is 17.9 Å². The van der Waals surface area contributed by atoms with Crippen molar-refractivity contribution in [3.63, 3.8) is 0 Å². The quantitative estimate of drug-likeness (QED) is 0.332. The van der Waals surface area contributed by atoms with Gasteiger partial charge in [0, 0.05) is 12.5 Å². The average molecular weight is 538 g/mol. The Labute approximate surface area is 229 Å². The van der Waals surface area contributed by atoms with E-state index in [1.807, 2.05) is 47.4 Å². The lowest BCUT2D eigenvalue weighted by Gasteiger charge is -2.38. The van der Waals surface area contributed by atoms with E-state index in [9.17, 15) is 19.5 Å². The van der Waals surface area contributed by atoms with Gasteiger partial charge in [-0.2, -0.15) is 0 Å². The zero-order chi connectivity index (χ0) is 27.8. The summed E-state index contributed by atoms with van der Waals surface area (Å²) in [6, 6.07) is 14.5. The first-order chi connectivity index (χ1) is 18.9. The lowest BCUT2D eigenvalue weighted by molar-refractivity contribution is -0.134. The van der Waals surface area contributed by atoms with Crippen molar-refractivity contribution in [1.29, 1.82) is 0 Å². The molecule has 2 aromatic rings. The van der Waals surface area contributed by atoms with Crippen molar-refractivity contribution < 1.29 is 29.0 Å². The van der Waals surface area contributed by atoms with Crippen LogP contribution in [0.25, 0.3) is 0 Å². The van der Waals surface area contributed by atoms with Crippen molar-refractivity contribution in [2.45, 2.75) is 69.3 Å². The molecule has 0 aliphatic carbocycles. The van der Waals surface area contributed by atoms with E-state index in [1.165, 1.54) is 0 Å². The summed E-state index contributed by atoms with van der Waals surface area (Å²) in [5.41, 5.74) is 1.76. The molecule has 0 aromatic heterocycles. The van der Waals surface area contributed by atoms with Gasteiger partial charge in [-0.15, -0.1) is 0 Å². The molecule has 2 heterocycles. The molecule has 210 valence electrons. The summed E-state index contributed by atoms with van der Waals surface area (Å²) in [5, 5.41) is 15.7. The van der Waals surface area contributed by atoms with Gasteiger partial charge in [-0.25, -0.2) is 0 Å². The van der Waals surface area contributed by atoms with E-state index >= 15 is 0 Å². The lowest BCUT2D eigenvalue weighted by atomic mass is 9.98. The Bertz CT molecular complexity index is 1110. The first-order valence-corrected chi connectivity index (χ1v) is 13.7. The van der Waals surface area contributed by atoms with Crippen LogP contribution in [0.3, 0.4) is 0 Å². The molecule has 2 aliphatic heterocycles. The number of benzene rings is 2. The fraction of sp³-hybridized carbons (Fsp3) is 0.500. The molecule has 5 atom stereocenters. The zero-order valence-corrected chi connectivity index (χ0v) is 22.7. The maximum Gasteiger partial charge on any atom is 0.243 e. The Morgan fingerprint density at radius 3 is 2.26 bits per heavy atom. The third kappa shape index (κ3) is 7.88. The van der Waals surface area contributed by atoms with Gasteiger partial charge < -0.3 is 25.2 Å². The number of piperidine rings is 1. The molecule has 9 nitrogen and oxygen atoms in total. The first-order valence-electron chi connectivity index (χ1n) is 13.7. The molecular formula is C30H39N3O6. The minimum Gasteiger partial charge on any atom is -0.497 e. The Morgan fingerprint density at radius 1 is 0.974 bits per heavy atom. The molecule has 0 bridgehead atoms. The van der Waals surface area contributed by atoms with Crippen molar-refractivity contribution in [2.75, 3.05) is 26.9 Å². The summed E-state index contributed by atoms with van der Waals surface area (Å²) in [7, 11) is 1.58. The molecule has 0 radical (unpaired) electrons. The van der Waals surface area contributed by atoms with E-state index in [1.54, 1.807) is 26.2 Å². The highest BCUT2D eigenvalue weighted by Crippen LogP contribution is 2.20. The predicted molar refractivity (Wildman–Crippen MR) is 146 cm³/mol. The Hall–Kier alpha value is -3.27. The zero-order valence-electron chi connectivity index (χ0n) is 22.7. The number of nitrogens with zero attached hydrogens (tertiary/aromatic N) is 1. The Balaban J connectivity index is 1.52. The fourth-order valence-electron chi connectivity index (χ4n) is 5.16. The van der Waals surface area contributed by atoms with Gasteiger partial charge >= 0.3 is 0 Å². The van der Waals surface area contributed by atoms with Crippen LogP contribution in [0.4, 0.5) is 0 Å². The summed E-state index contributed by atoms with van der Waals surface area (Å²) >= 11 is 0. The molecule has 2 aliphatic rings. The number of methoxy groups -OCH3 is 1. The van der Waals surface area contributed by atoms with E-state index in [4.69, 9.17) is 9.47 Å². The van der Waals surface area contributed by atoms with Crippen LogP contribution in [0.5, 0.6) is 5.75 Å². The van der Waals surface area contributed by atoms with Gasteiger partial charge in [-0.3, -0.25) is 19.3 Å². The summed E-state index contributed by atoms with van der Waals surface area (Å²) < 4.78 is 10.5. The highest BCUT2D eigenvalue weighted by atomic mass is 16.6. The molecule has 2 saturated heterocycles. The normalized spacial score (nSPS) is 21.3. The summed E-state index contributed by atoms with van der Waals surface area (Å²) in [4.78, 5) is 42.1. The van der Waals surface area contributed by atoms with Crippen molar-refractivity contribution in [3.05, 3.63) is 65.7 Å². The van der Waals surface area contributed by atoms with Gasteiger partial charge in [0.15, 0.2) is 5.78 Å². The fourth-order valence-corrected chi connectivity index (χ4v) is 5.16. The van der Waals surface area contributed by atoms with Crippen molar-refractivity contribution in [3.8, 4) is 5.75 Å². The van der Waals surface area contributed by atoms with Gasteiger partial charge in [-0.1, -0.05) is 48.9 Å². The van der Waals surface area contributed by atoms with E-state index in [0.29, 0.717) is 25.3 Å². The van der Waals surface area contributed by atoms with Crippen LogP contribution in [0, 0.1) is 0 Å². The van der Waals surface area contributed by atoms with E-state index in [2.05, 4.69) is 10.6 Å². The monoisotopic (exact) mass is 537 g/mol. The summed E-state index contributed by atoms with van der Waals surface area (Å²) in [6.45, 7) is 2.85. The standard InChI is InChI=1S/C30H39N3O6/c1-20(33-15-7-6-10-23(33)18-34)29(36)32-26(17-22-11-13-24(38-2)14-12-22)30(37)31-25(28(35)27-19-39-27)16-21-8-4-3-5-9-21/h3-5,8-9,11-14,20,23,25-27,34H,6-7,10,15-19H2,1-2H3,(H,31,37)(H,32,36)/t20-,23+,25-,26-,27+/m0/s1. The number of hydrogen-bond acceptors (Lipinski definition) is 7. The minimum absolute atomic E-state index is 0.0140. The highest BCUT2D eigenvalue weighted by molar-refractivity contribution is 5.96. The number of carbonyl (C=O) groups is 3. The molecule has 39 heavy (non-hydrogen) atoms. The molecule has 0 unspecified atom stereocenters. The van der Waals surface area contributed by atoms with Crippen LogP contribution in [-0.2, 0) is 32.0 Å². The maximum atomic E-state index is 13.7. The number of likely N-dealkylation sites (tertiary alicyclic amines) is 1. The SMILES string of the molecule is COc1ccc(C[C@H](NC(=O)[C@H](C)N2CCCC[C@@H]2CO)C(=O)N[C@@H](Cc2ccccc2)C(=O)[C@H]2CO2)cc1. The molecule has 2 amide bonds. The predicted octanol–water partition coefficient (Wildman–Crippen LogP) is 1.65. The van der Waals surface area contributed by atoms with Crippen LogP contribution in [0.2, 0.25) is 0 Å². The number of amides is 2. The number of nitrogens with one attached hydrogen (secondary N) is 2. The number of ether oxygens (including phenoxy) is 2. The van der Waals surface area contributed by atoms with Crippen LogP contribution >= 0.6 is 0 Å². The van der Waals surface area contributed by atoms with Crippen LogP contribution in [-0.4, -0.2) is 84.7 Å². The van der Waals surface area contributed by atoms with Crippen molar-refractivity contribution in [1.82, 2.24) is 15.5 Å². The van der Waals surface area contributed by atoms with E-state index in [0.717, 1.165) is 30.4 Å². The van der Waals surface area contributed by atoms with Crippen LogP contribution in [0.1, 0.15) is 37.3 Å². The second-order valence-electron chi connectivity index (χ2n) is 10.3. The molecule has 2 fully saturated rings. The third-order valence-corrected chi connectivity index (χ3v) is 7.59. The molecular weight excluding hydrogens is 498 g/mol. The summed E-state index contributed by atoms with van der Waals surface area (Å²) in [6.07, 6.45) is 2.86. The van der Waals surface area contributed by atoms with Crippen LogP contribution in [0.15, 0.2) is 54.6 Å². The largest absolute Gasteiger partial charge is 0.497 e.